The van der Waals surface area contributed by atoms with Gasteiger partial charge >= 0.3 is 0 Å². The van der Waals surface area contributed by atoms with Crippen LogP contribution in [0, 0.1) is 0 Å². The van der Waals surface area contributed by atoms with Gasteiger partial charge in [0.05, 0.1) is 5.41 Å². The number of hydrogen-bond donors (Lipinski definition) is 2. The molecular formula is C20H20N2O2. The highest BCUT2D eigenvalue weighted by Crippen LogP contribution is 2.48. The largest absolute Gasteiger partial charge is 0.349 e. The van der Waals surface area contributed by atoms with Crippen molar-refractivity contribution < 1.29 is 9.59 Å². The molecule has 4 nitrogen and oxygen atoms in total. The standard InChI is InChI=1S/C20H20N2O2/c23-18(21-16-10-11-16)14-6-8-17(9-7-14)22-19(24)20(12-13-20)15-4-2-1-3-5-15/h1-9,16H,10-13H2,(H,21,23)(H,22,24). The van der Waals surface area contributed by atoms with Crippen LogP contribution in [0.2, 0.25) is 0 Å². The summed E-state index contributed by atoms with van der Waals surface area (Å²) in [5.41, 5.74) is 2.04. The Hall–Kier alpha value is -2.62. The number of carbonyl (C=O) groups excluding carboxylic acids is 2. The number of amides is 2. The van der Waals surface area contributed by atoms with Gasteiger partial charge in [0.2, 0.25) is 5.91 Å². The molecule has 0 unspecified atom stereocenters. The minimum Gasteiger partial charge on any atom is -0.349 e. The SMILES string of the molecule is O=C(NC1CC1)c1ccc(NC(=O)C2(c3ccccc3)CC2)cc1. The van der Waals surface area contributed by atoms with Crippen molar-refractivity contribution in [3.63, 3.8) is 0 Å². The van der Waals surface area contributed by atoms with Gasteiger partial charge in [0.1, 0.15) is 0 Å². The average Bonchev–Trinajstić information content (AvgIpc) is 3.51. The van der Waals surface area contributed by atoms with Crippen molar-refractivity contribution in [3.8, 4) is 0 Å². The molecule has 2 fully saturated rings. The van der Waals surface area contributed by atoms with E-state index in [0.29, 0.717) is 11.6 Å². The zero-order valence-corrected chi connectivity index (χ0v) is 13.4. The Morgan fingerprint density at radius 1 is 0.917 bits per heavy atom. The van der Waals surface area contributed by atoms with Gasteiger partial charge < -0.3 is 10.6 Å². The lowest BCUT2D eigenvalue weighted by Gasteiger charge is -2.16. The first kappa shape index (κ1) is 14.9. The molecule has 0 spiro atoms. The zero-order chi connectivity index (χ0) is 16.6. The van der Waals surface area contributed by atoms with Crippen molar-refractivity contribution in [3.05, 3.63) is 65.7 Å². The smallest absolute Gasteiger partial charge is 0.251 e. The zero-order valence-electron chi connectivity index (χ0n) is 13.4. The van der Waals surface area contributed by atoms with Crippen LogP contribution in [0.5, 0.6) is 0 Å². The molecule has 0 aliphatic heterocycles. The molecule has 2 saturated carbocycles. The van der Waals surface area contributed by atoms with Crippen molar-refractivity contribution >= 4 is 17.5 Å². The third-order valence-electron chi connectivity index (χ3n) is 4.83. The van der Waals surface area contributed by atoms with E-state index in [1.54, 1.807) is 24.3 Å². The lowest BCUT2D eigenvalue weighted by Crippen LogP contribution is -2.28. The van der Waals surface area contributed by atoms with Crippen LogP contribution in [0.15, 0.2) is 54.6 Å². The van der Waals surface area contributed by atoms with Crippen LogP contribution in [0.25, 0.3) is 0 Å². The molecule has 0 saturated heterocycles. The number of rotatable bonds is 5. The highest BCUT2D eigenvalue weighted by molar-refractivity contribution is 6.02. The molecule has 0 atom stereocenters. The highest BCUT2D eigenvalue weighted by Gasteiger charge is 2.51. The predicted molar refractivity (Wildman–Crippen MR) is 92.9 cm³/mol. The van der Waals surface area contributed by atoms with Gasteiger partial charge in [-0.15, -0.1) is 0 Å². The lowest BCUT2D eigenvalue weighted by atomic mass is 9.95. The molecule has 2 amide bonds. The van der Waals surface area contributed by atoms with Crippen LogP contribution < -0.4 is 10.6 Å². The Balaban J connectivity index is 1.43. The maximum absolute atomic E-state index is 12.7. The second-order valence-corrected chi connectivity index (χ2v) is 6.73. The summed E-state index contributed by atoms with van der Waals surface area (Å²) < 4.78 is 0. The maximum Gasteiger partial charge on any atom is 0.251 e. The molecule has 0 bridgehead atoms. The quantitative estimate of drug-likeness (QED) is 0.888. The topological polar surface area (TPSA) is 58.2 Å². The van der Waals surface area contributed by atoms with Crippen LogP contribution in [-0.4, -0.2) is 17.9 Å². The van der Waals surface area contributed by atoms with Gasteiger partial charge in [-0.2, -0.15) is 0 Å². The number of anilines is 1. The van der Waals surface area contributed by atoms with Crippen LogP contribution in [0.1, 0.15) is 41.6 Å². The van der Waals surface area contributed by atoms with E-state index in [4.69, 9.17) is 0 Å². The van der Waals surface area contributed by atoms with Crippen molar-refractivity contribution in [2.75, 3.05) is 5.32 Å². The van der Waals surface area contributed by atoms with E-state index in [-0.39, 0.29) is 17.2 Å². The Bertz CT molecular complexity index is 760. The average molecular weight is 320 g/mol. The molecule has 24 heavy (non-hydrogen) atoms. The Labute approximate surface area is 141 Å². The number of hydrogen-bond acceptors (Lipinski definition) is 2. The Kier molecular flexibility index (Phi) is 3.60. The number of nitrogens with one attached hydrogen (secondary N) is 2. The Morgan fingerprint density at radius 2 is 1.58 bits per heavy atom. The molecular weight excluding hydrogens is 300 g/mol. The fourth-order valence-corrected chi connectivity index (χ4v) is 2.98. The molecule has 2 N–H and O–H groups in total. The first-order valence-electron chi connectivity index (χ1n) is 8.45. The predicted octanol–water partition coefficient (Wildman–Crippen LogP) is 3.25. The molecule has 2 aliphatic rings. The summed E-state index contributed by atoms with van der Waals surface area (Å²) >= 11 is 0. The van der Waals surface area contributed by atoms with Gasteiger partial charge in [0.25, 0.3) is 5.91 Å². The third kappa shape index (κ3) is 2.92. The molecule has 2 aromatic carbocycles. The lowest BCUT2D eigenvalue weighted by molar-refractivity contribution is -0.118. The van der Waals surface area contributed by atoms with Crippen molar-refractivity contribution in [2.45, 2.75) is 37.1 Å². The summed E-state index contributed by atoms with van der Waals surface area (Å²) in [7, 11) is 0. The molecule has 0 aromatic heterocycles. The van der Waals surface area contributed by atoms with Crippen molar-refractivity contribution in [1.29, 1.82) is 0 Å². The van der Waals surface area contributed by atoms with E-state index in [2.05, 4.69) is 10.6 Å². The minimum absolute atomic E-state index is 0.0314. The Morgan fingerprint density at radius 3 is 2.17 bits per heavy atom. The molecule has 2 aliphatic carbocycles. The van der Waals surface area contributed by atoms with Gasteiger partial charge in [0.15, 0.2) is 0 Å². The first-order valence-corrected chi connectivity index (χ1v) is 8.45. The van der Waals surface area contributed by atoms with E-state index in [0.717, 1.165) is 36.9 Å². The minimum atomic E-state index is -0.386. The molecule has 4 rings (SSSR count). The molecule has 4 heteroatoms. The maximum atomic E-state index is 12.7. The van der Waals surface area contributed by atoms with Crippen LogP contribution in [-0.2, 0) is 10.2 Å². The summed E-state index contributed by atoms with van der Waals surface area (Å²) in [5, 5.41) is 5.95. The van der Waals surface area contributed by atoms with Crippen LogP contribution in [0.3, 0.4) is 0 Å². The number of benzene rings is 2. The van der Waals surface area contributed by atoms with E-state index in [9.17, 15) is 9.59 Å². The van der Waals surface area contributed by atoms with Gasteiger partial charge in [-0.05, 0) is 55.5 Å². The van der Waals surface area contributed by atoms with Gasteiger partial charge in [-0.3, -0.25) is 9.59 Å². The molecule has 122 valence electrons. The molecule has 2 aromatic rings. The first-order chi connectivity index (χ1) is 11.7. The van der Waals surface area contributed by atoms with Gasteiger partial charge in [-0.25, -0.2) is 0 Å². The summed E-state index contributed by atoms with van der Waals surface area (Å²) in [5.74, 6) is -0.0118. The highest BCUT2D eigenvalue weighted by atomic mass is 16.2. The second-order valence-electron chi connectivity index (χ2n) is 6.73. The van der Waals surface area contributed by atoms with E-state index in [1.807, 2.05) is 30.3 Å². The fraction of sp³-hybridized carbons (Fsp3) is 0.300. The normalized spacial score (nSPS) is 17.8. The number of carbonyl (C=O) groups is 2. The summed E-state index contributed by atoms with van der Waals surface area (Å²) in [6.45, 7) is 0. The molecule has 0 radical (unpaired) electrons. The van der Waals surface area contributed by atoms with Crippen LogP contribution >= 0.6 is 0 Å². The van der Waals surface area contributed by atoms with E-state index >= 15 is 0 Å². The summed E-state index contributed by atoms with van der Waals surface area (Å²) in [4.78, 5) is 24.7. The van der Waals surface area contributed by atoms with Crippen molar-refractivity contribution in [1.82, 2.24) is 5.32 Å². The monoisotopic (exact) mass is 320 g/mol. The summed E-state index contributed by atoms with van der Waals surface area (Å²) in [6, 6.07) is 17.4. The van der Waals surface area contributed by atoms with Gasteiger partial charge in [0, 0.05) is 17.3 Å². The second kappa shape index (κ2) is 5.78. The summed E-state index contributed by atoms with van der Waals surface area (Å²) in [6.07, 6.45) is 3.90. The molecule has 0 heterocycles. The van der Waals surface area contributed by atoms with Crippen LogP contribution in [0.4, 0.5) is 5.69 Å². The fourth-order valence-electron chi connectivity index (χ4n) is 2.98. The van der Waals surface area contributed by atoms with Gasteiger partial charge in [-0.1, -0.05) is 30.3 Å². The van der Waals surface area contributed by atoms with Crippen molar-refractivity contribution in [2.24, 2.45) is 0 Å². The third-order valence-corrected chi connectivity index (χ3v) is 4.83. The van der Waals surface area contributed by atoms with E-state index in [1.165, 1.54) is 0 Å². The van der Waals surface area contributed by atoms with E-state index < -0.39 is 0 Å².